The number of aliphatic carboxylic acids is 1. The summed E-state index contributed by atoms with van der Waals surface area (Å²) in [6.07, 6.45) is 2.23. The van der Waals surface area contributed by atoms with Crippen LogP contribution in [0.15, 0.2) is 54.6 Å². The summed E-state index contributed by atoms with van der Waals surface area (Å²) in [7, 11) is 0. The average molecular weight is 406 g/mol. The second kappa shape index (κ2) is 8.61. The highest BCUT2D eigenvalue weighted by molar-refractivity contribution is 5.88. The Balaban J connectivity index is 1.52. The van der Waals surface area contributed by atoms with Gasteiger partial charge in [-0.05, 0) is 42.9 Å². The molecule has 0 aliphatic heterocycles. The van der Waals surface area contributed by atoms with E-state index in [1.54, 1.807) is 0 Å². The van der Waals surface area contributed by atoms with Gasteiger partial charge in [-0.15, -0.1) is 0 Å². The molecule has 0 bridgehead atoms. The molecule has 1 aliphatic carbocycles. The number of fused-ring (bicyclic) bond motifs is 3. The number of alkyl carbamates (subject to hydrolysis) is 1. The standard InChI is InChI=1S/C24H26N2O4/c1-2-20(23(27)28)26-21-11-7-6-10-18(21)19-14-17(12-13-22(19)26)25-24(29)30-15-16-8-4-3-5-9-16/h3-11,17,20H,2,12-15H2,1H3,(H,25,29)(H,27,28)/t17-,20?/m1/s1. The minimum absolute atomic E-state index is 0.0371. The Morgan fingerprint density at radius 1 is 1.17 bits per heavy atom. The summed E-state index contributed by atoms with van der Waals surface area (Å²) < 4.78 is 7.35. The van der Waals surface area contributed by atoms with Crippen LogP contribution in [0, 0.1) is 0 Å². The van der Waals surface area contributed by atoms with E-state index in [9.17, 15) is 14.7 Å². The van der Waals surface area contributed by atoms with Crippen molar-refractivity contribution in [3.05, 3.63) is 71.4 Å². The molecule has 3 aromatic rings. The molecule has 0 spiro atoms. The van der Waals surface area contributed by atoms with Crippen molar-refractivity contribution in [1.82, 2.24) is 9.88 Å². The minimum Gasteiger partial charge on any atom is -0.480 e. The van der Waals surface area contributed by atoms with E-state index >= 15 is 0 Å². The summed E-state index contributed by atoms with van der Waals surface area (Å²) in [5, 5.41) is 13.8. The second-order valence-corrected chi connectivity index (χ2v) is 7.72. The maximum absolute atomic E-state index is 12.3. The van der Waals surface area contributed by atoms with Gasteiger partial charge >= 0.3 is 12.1 Å². The Bertz CT molecular complexity index is 1060. The van der Waals surface area contributed by atoms with Gasteiger partial charge < -0.3 is 19.7 Å². The van der Waals surface area contributed by atoms with Crippen LogP contribution in [-0.4, -0.2) is 27.8 Å². The molecule has 1 aromatic heterocycles. The highest BCUT2D eigenvalue weighted by Crippen LogP contribution is 2.35. The summed E-state index contributed by atoms with van der Waals surface area (Å²) in [6.45, 7) is 2.14. The first-order valence-electron chi connectivity index (χ1n) is 10.4. The molecule has 6 heteroatoms. The number of hydrogen-bond acceptors (Lipinski definition) is 3. The van der Waals surface area contributed by atoms with Crippen LogP contribution in [0.5, 0.6) is 0 Å². The van der Waals surface area contributed by atoms with E-state index in [1.807, 2.05) is 66.1 Å². The second-order valence-electron chi connectivity index (χ2n) is 7.72. The van der Waals surface area contributed by atoms with Gasteiger partial charge in [0.15, 0.2) is 0 Å². The topological polar surface area (TPSA) is 80.6 Å². The predicted molar refractivity (Wildman–Crippen MR) is 114 cm³/mol. The van der Waals surface area contributed by atoms with Gasteiger partial charge in [0.05, 0.1) is 0 Å². The van der Waals surface area contributed by atoms with E-state index in [0.29, 0.717) is 12.8 Å². The van der Waals surface area contributed by atoms with Gasteiger partial charge in [-0.1, -0.05) is 55.5 Å². The molecule has 2 atom stereocenters. The molecule has 156 valence electrons. The van der Waals surface area contributed by atoms with Crippen LogP contribution in [0.3, 0.4) is 0 Å². The van der Waals surface area contributed by atoms with Crippen LogP contribution in [0.1, 0.15) is 42.6 Å². The number of rotatable bonds is 6. The molecule has 6 nitrogen and oxygen atoms in total. The Hall–Kier alpha value is -3.28. The number of carbonyl (C=O) groups is 2. The fourth-order valence-electron chi connectivity index (χ4n) is 4.42. The van der Waals surface area contributed by atoms with Crippen molar-refractivity contribution in [2.24, 2.45) is 0 Å². The molecule has 30 heavy (non-hydrogen) atoms. The van der Waals surface area contributed by atoms with Crippen molar-refractivity contribution in [3.8, 4) is 0 Å². The van der Waals surface area contributed by atoms with Gasteiger partial charge in [0.2, 0.25) is 0 Å². The number of hydrogen-bond donors (Lipinski definition) is 2. The molecule has 1 amide bonds. The third-order valence-corrected chi connectivity index (χ3v) is 5.83. The van der Waals surface area contributed by atoms with Crippen LogP contribution >= 0.6 is 0 Å². The Morgan fingerprint density at radius 2 is 1.90 bits per heavy atom. The molecule has 0 fully saturated rings. The van der Waals surface area contributed by atoms with Crippen molar-refractivity contribution in [2.75, 3.05) is 0 Å². The number of aromatic nitrogens is 1. The highest BCUT2D eigenvalue weighted by atomic mass is 16.5. The zero-order valence-electron chi connectivity index (χ0n) is 17.0. The van der Waals surface area contributed by atoms with Crippen LogP contribution in [0.2, 0.25) is 0 Å². The number of carboxylic acid groups (broad SMARTS) is 1. The molecule has 4 rings (SSSR count). The summed E-state index contributed by atoms with van der Waals surface area (Å²) in [5.74, 6) is -0.814. The van der Waals surface area contributed by atoms with Gasteiger partial charge in [-0.2, -0.15) is 0 Å². The molecule has 1 aliphatic rings. The number of amides is 1. The number of benzene rings is 2. The Labute approximate surface area is 175 Å². The molecular weight excluding hydrogens is 380 g/mol. The van der Waals surface area contributed by atoms with Crippen LogP contribution in [0.25, 0.3) is 10.9 Å². The lowest BCUT2D eigenvalue weighted by atomic mass is 9.91. The molecule has 2 aromatic carbocycles. The maximum Gasteiger partial charge on any atom is 0.407 e. The first-order chi connectivity index (χ1) is 14.6. The molecule has 0 saturated heterocycles. The van der Waals surface area contributed by atoms with Crippen LogP contribution < -0.4 is 5.32 Å². The Kier molecular flexibility index (Phi) is 5.74. The lowest BCUT2D eigenvalue weighted by Crippen LogP contribution is -2.39. The van der Waals surface area contributed by atoms with E-state index in [1.165, 1.54) is 0 Å². The molecule has 0 saturated carbocycles. The van der Waals surface area contributed by atoms with Gasteiger partial charge in [-0.3, -0.25) is 0 Å². The van der Waals surface area contributed by atoms with E-state index in [-0.39, 0.29) is 12.6 Å². The lowest BCUT2D eigenvalue weighted by molar-refractivity contribution is -0.140. The number of nitrogens with zero attached hydrogens (tertiary/aromatic N) is 1. The number of carboxylic acids is 1. The van der Waals surface area contributed by atoms with Crippen molar-refractivity contribution >= 4 is 23.0 Å². The number of carbonyl (C=O) groups excluding carboxylic acids is 1. The summed E-state index contributed by atoms with van der Waals surface area (Å²) in [6, 6.07) is 16.9. The fraction of sp³-hybridized carbons (Fsp3) is 0.333. The first kappa shape index (κ1) is 20.0. The SMILES string of the molecule is CCC(C(=O)O)n1c2c(c3ccccc31)C[C@H](NC(=O)OCc1ccccc1)CC2. The lowest BCUT2D eigenvalue weighted by Gasteiger charge is -2.26. The van der Waals surface area contributed by atoms with Crippen molar-refractivity contribution < 1.29 is 19.4 Å². The normalized spacial score (nSPS) is 16.6. The van der Waals surface area contributed by atoms with Crippen molar-refractivity contribution in [1.29, 1.82) is 0 Å². The van der Waals surface area contributed by atoms with E-state index in [0.717, 1.165) is 40.6 Å². The molecule has 1 heterocycles. The highest BCUT2D eigenvalue weighted by Gasteiger charge is 2.30. The number of nitrogens with one attached hydrogen (secondary N) is 1. The van der Waals surface area contributed by atoms with Gasteiger partial charge in [-0.25, -0.2) is 9.59 Å². The first-order valence-corrected chi connectivity index (χ1v) is 10.4. The predicted octanol–water partition coefficient (Wildman–Crippen LogP) is 4.46. The van der Waals surface area contributed by atoms with E-state index < -0.39 is 18.1 Å². The number of para-hydroxylation sites is 1. The Morgan fingerprint density at radius 3 is 2.63 bits per heavy atom. The van der Waals surface area contributed by atoms with Crippen LogP contribution in [0.4, 0.5) is 4.79 Å². The van der Waals surface area contributed by atoms with Gasteiger partial charge in [0.25, 0.3) is 0 Å². The quantitative estimate of drug-likeness (QED) is 0.633. The zero-order chi connectivity index (χ0) is 21.1. The van der Waals surface area contributed by atoms with Gasteiger partial charge in [0.1, 0.15) is 12.6 Å². The largest absolute Gasteiger partial charge is 0.480 e. The van der Waals surface area contributed by atoms with Crippen molar-refractivity contribution in [3.63, 3.8) is 0 Å². The molecule has 2 N–H and O–H groups in total. The van der Waals surface area contributed by atoms with E-state index in [4.69, 9.17) is 4.74 Å². The monoisotopic (exact) mass is 406 g/mol. The molecule has 0 radical (unpaired) electrons. The fourth-order valence-corrected chi connectivity index (χ4v) is 4.42. The maximum atomic E-state index is 12.3. The smallest absolute Gasteiger partial charge is 0.407 e. The molecule has 1 unspecified atom stereocenters. The summed E-state index contributed by atoms with van der Waals surface area (Å²) in [4.78, 5) is 24.2. The third kappa shape index (κ3) is 3.90. The van der Waals surface area contributed by atoms with E-state index in [2.05, 4.69) is 5.32 Å². The minimum atomic E-state index is -0.814. The summed E-state index contributed by atoms with van der Waals surface area (Å²) >= 11 is 0. The van der Waals surface area contributed by atoms with Gasteiger partial charge in [0, 0.05) is 22.6 Å². The molecular formula is C24H26N2O4. The summed E-state index contributed by atoms with van der Waals surface area (Å²) in [5.41, 5.74) is 4.09. The zero-order valence-corrected chi connectivity index (χ0v) is 17.0. The van der Waals surface area contributed by atoms with Crippen LogP contribution in [-0.2, 0) is 29.0 Å². The third-order valence-electron chi connectivity index (χ3n) is 5.83. The number of ether oxygens (including phenoxy) is 1. The average Bonchev–Trinajstić information content (AvgIpc) is 3.07. The van der Waals surface area contributed by atoms with Crippen molar-refractivity contribution in [2.45, 2.75) is 51.3 Å².